The molecule has 1 amide bonds. The maximum atomic E-state index is 11.9. The van der Waals surface area contributed by atoms with Gasteiger partial charge >= 0.3 is 0 Å². The zero-order chi connectivity index (χ0) is 13.8. The number of hydrogen-bond acceptors (Lipinski definition) is 4. The lowest BCUT2D eigenvalue weighted by Crippen LogP contribution is -2.19. The first kappa shape index (κ1) is 12.9. The molecule has 2 rings (SSSR count). The summed E-state index contributed by atoms with van der Waals surface area (Å²) in [6, 6.07) is 5.58. The van der Waals surface area contributed by atoms with E-state index in [4.69, 9.17) is 10.5 Å². The molecule has 0 spiro atoms. The van der Waals surface area contributed by atoms with Crippen molar-refractivity contribution in [2.75, 3.05) is 18.2 Å². The molecule has 0 unspecified atom stereocenters. The fraction of sp³-hybridized carbons (Fsp3) is 0.231. The van der Waals surface area contributed by atoms with Gasteiger partial charge in [0.2, 0.25) is 5.91 Å². The third-order valence-electron chi connectivity index (χ3n) is 2.59. The van der Waals surface area contributed by atoms with Crippen molar-refractivity contribution >= 4 is 17.3 Å². The van der Waals surface area contributed by atoms with Gasteiger partial charge in [-0.15, -0.1) is 0 Å². The highest BCUT2D eigenvalue weighted by Gasteiger charge is 2.08. The summed E-state index contributed by atoms with van der Waals surface area (Å²) < 4.78 is 6.70. The van der Waals surface area contributed by atoms with Gasteiger partial charge in [-0.25, -0.2) is 0 Å². The van der Waals surface area contributed by atoms with E-state index in [0.717, 1.165) is 5.56 Å². The molecule has 100 valence electrons. The van der Waals surface area contributed by atoms with Gasteiger partial charge in [0.15, 0.2) is 0 Å². The Kier molecular flexibility index (Phi) is 3.70. The highest BCUT2D eigenvalue weighted by Crippen LogP contribution is 2.25. The number of rotatable bonds is 4. The molecule has 0 aliphatic heterocycles. The van der Waals surface area contributed by atoms with E-state index in [-0.39, 0.29) is 12.5 Å². The molecule has 0 bridgehead atoms. The fourth-order valence-electron chi connectivity index (χ4n) is 1.70. The number of aromatic nitrogens is 2. The Bertz CT molecular complexity index is 592. The molecule has 1 aromatic carbocycles. The molecule has 6 heteroatoms. The molecule has 6 nitrogen and oxygen atoms in total. The van der Waals surface area contributed by atoms with Gasteiger partial charge in [0.05, 0.1) is 24.7 Å². The van der Waals surface area contributed by atoms with Gasteiger partial charge in [0.25, 0.3) is 0 Å². The van der Waals surface area contributed by atoms with E-state index in [1.807, 2.05) is 25.1 Å². The van der Waals surface area contributed by atoms with Crippen LogP contribution in [-0.2, 0) is 11.3 Å². The van der Waals surface area contributed by atoms with Gasteiger partial charge < -0.3 is 15.8 Å². The molecule has 0 atom stereocenters. The van der Waals surface area contributed by atoms with Crippen LogP contribution in [0.15, 0.2) is 30.6 Å². The highest BCUT2D eigenvalue weighted by molar-refractivity contribution is 5.92. The van der Waals surface area contributed by atoms with Crippen molar-refractivity contribution in [3.63, 3.8) is 0 Å². The van der Waals surface area contributed by atoms with E-state index >= 15 is 0 Å². The number of nitrogens with zero attached hydrogens (tertiary/aromatic N) is 2. The summed E-state index contributed by atoms with van der Waals surface area (Å²) in [6.07, 6.45) is 3.10. The quantitative estimate of drug-likeness (QED) is 0.871. The number of nitrogen functional groups attached to an aromatic ring is 1. The molecule has 19 heavy (non-hydrogen) atoms. The monoisotopic (exact) mass is 260 g/mol. The number of ether oxygens (including phenoxy) is 1. The number of carbonyl (C=O) groups is 1. The number of aryl methyl sites for hydroxylation is 1. The van der Waals surface area contributed by atoms with Gasteiger partial charge in [-0.2, -0.15) is 5.10 Å². The Morgan fingerprint density at radius 1 is 1.53 bits per heavy atom. The average Bonchev–Trinajstić information content (AvgIpc) is 2.76. The second-order valence-electron chi connectivity index (χ2n) is 4.22. The topological polar surface area (TPSA) is 82.2 Å². The van der Waals surface area contributed by atoms with Crippen LogP contribution in [0.2, 0.25) is 0 Å². The lowest BCUT2D eigenvalue weighted by Gasteiger charge is -2.10. The Hall–Kier alpha value is -2.50. The van der Waals surface area contributed by atoms with Crippen molar-refractivity contribution in [1.82, 2.24) is 9.78 Å². The standard InChI is InChI=1S/C13H16N4O2/c1-9-3-4-11(12(5-9)19-2)16-13(18)8-17-7-10(14)6-15-17/h3-7H,8,14H2,1-2H3,(H,16,18). The molecule has 2 aromatic rings. The SMILES string of the molecule is COc1cc(C)ccc1NC(=O)Cn1cc(N)cn1. The number of amides is 1. The smallest absolute Gasteiger partial charge is 0.246 e. The molecule has 0 saturated carbocycles. The van der Waals surface area contributed by atoms with Crippen LogP contribution in [-0.4, -0.2) is 22.8 Å². The van der Waals surface area contributed by atoms with Crippen LogP contribution in [0.4, 0.5) is 11.4 Å². The Balaban J connectivity index is 2.06. The number of hydrogen-bond donors (Lipinski definition) is 2. The molecule has 1 aromatic heterocycles. The van der Waals surface area contributed by atoms with Gasteiger partial charge in [0, 0.05) is 6.20 Å². The summed E-state index contributed by atoms with van der Waals surface area (Å²) in [5.41, 5.74) is 7.76. The van der Waals surface area contributed by atoms with Gasteiger partial charge in [-0.05, 0) is 24.6 Å². The minimum absolute atomic E-state index is 0.105. The van der Waals surface area contributed by atoms with Crippen molar-refractivity contribution in [3.8, 4) is 5.75 Å². The normalized spacial score (nSPS) is 10.2. The number of nitrogens with one attached hydrogen (secondary N) is 1. The molecule has 0 radical (unpaired) electrons. The van der Waals surface area contributed by atoms with Crippen molar-refractivity contribution in [3.05, 3.63) is 36.2 Å². The molecule has 0 fully saturated rings. The van der Waals surface area contributed by atoms with E-state index in [1.165, 1.54) is 10.9 Å². The minimum atomic E-state index is -0.190. The molecular weight excluding hydrogens is 244 g/mol. The van der Waals surface area contributed by atoms with E-state index < -0.39 is 0 Å². The Morgan fingerprint density at radius 3 is 2.95 bits per heavy atom. The number of nitrogens with two attached hydrogens (primary N) is 1. The second-order valence-corrected chi connectivity index (χ2v) is 4.22. The summed E-state index contributed by atoms with van der Waals surface area (Å²) in [7, 11) is 1.57. The average molecular weight is 260 g/mol. The molecule has 0 aliphatic carbocycles. The number of anilines is 2. The van der Waals surface area contributed by atoms with Crippen molar-refractivity contribution < 1.29 is 9.53 Å². The van der Waals surface area contributed by atoms with Gasteiger partial charge in [-0.3, -0.25) is 9.48 Å². The van der Waals surface area contributed by atoms with Crippen LogP contribution >= 0.6 is 0 Å². The van der Waals surface area contributed by atoms with Crippen molar-refractivity contribution in [1.29, 1.82) is 0 Å². The Morgan fingerprint density at radius 2 is 2.32 bits per heavy atom. The first-order valence-electron chi connectivity index (χ1n) is 5.81. The van der Waals surface area contributed by atoms with E-state index in [9.17, 15) is 4.79 Å². The van der Waals surface area contributed by atoms with Gasteiger partial charge in [-0.1, -0.05) is 6.07 Å². The zero-order valence-electron chi connectivity index (χ0n) is 10.9. The van der Waals surface area contributed by atoms with Crippen LogP contribution in [0, 0.1) is 6.92 Å². The number of carbonyl (C=O) groups excluding carboxylic acids is 1. The maximum Gasteiger partial charge on any atom is 0.246 e. The largest absolute Gasteiger partial charge is 0.495 e. The van der Waals surface area contributed by atoms with Crippen molar-refractivity contribution in [2.45, 2.75) is 13.5 Å². The third-order valence-corrected chi connectivity index (χ3v) is 2.59. The summed E-state index contributed by atoms with van der Waals surface area (Å²) in [5, 5.41) is 6.73. The van der Waals surface area contributed by atoms with Crippen LogP contribution in [0.3, 0.4) is 0 Å². The number of benzene rings is 1. The van der Waals surface area contributed by atoms with Gasteiger partial charge in [0.1, 0.15) is 12.3 Å². The summed E-state index contributed by atoms with van der Waals surface area (Å²) in [6.45, 7) is 2.06. The Labute approximate surface area is 111 Å². The first-order valence-corrected chi connectivity index (χ1v) is 5.81. The van der Waals surface area contributed by atoms with Crippen LogP contribution in [0.25, 0.3) is 0 Å². The molecular formula is C13H16N4O2. The maximum absolute atomic E-state index is 11.9. The van der Waals surface area contributed by atoms with Crippen molar-refractivity contribution in [2.24, 2.45) is 0 Å². The predicted molar refractivity (Wildman–Crippen MR) is 73.0 cm³/mol. The zero-order valence-corrected chi connectivity index (χ0v) is 10.9. The minimum Gasteiger partial charge on any atom is -0.495 e. The first-order chi connectivity index (χ1) is 9.08. The fourth-order valence-corrected chi connectivity index (χ4v) is 1.70. The molecule has 1 heterocycles. The molecule has 3 N–H and O–H groups in total. The van der Waals surface area contributed by atoms with Crippen LogP contribution in [0.1, 0.15) is 5.56 Å². The van der Waals surface area contributed by atoms with E-state index in [2.05, 4.69) is 10.4 Å². The van der Waals surface area contributed by atoms with Crippen LogP contribution < -0.4 is 15.8 Å². The van der Waals surface area contributed by atoms with E-state index in [0.29, 0.717) is 17.1 Å². The lowest BCUT2D eigenvalue weighted by molar-refractivity contribution is -0.116. The summed E-state index contributed by atoms with van der Waals surface area (Å²) in [5.74, 6) is 0.443. The highest BCUT2D eigenvalue weighted by atomic mass is 16.5. The predicted octanol–water partition coefficient (Wildman–Crippen LogP) is 1.42. The lowest BCUT2D eigenvalue weighted by atomic mass is 10.2. The van der Waals surface area contributed by atoms with Crippen LogP contribution in [0.5, 0.6) is 5.75 Å². The molecule has 0 saturated heterocycles. The molecule has 0 aliphatic rings. The second kappa shape index (κ2) is 5.43. The number of methoxy groups -OCH3 is 1. The van der Waals surface area contributed by atoms with E-state index in [1.54, 1.807) is 13.3 Å². The third kappa shape index (κ3) is 3.25. The summed E-state index contributed by atoms with van der Waals surface area (Å²) in [4.78, 5) is 11.9. The summed E-state index contributed by atoms with van der Waals surface area (Å²) >= 11 is 0.